The molecule has 0 aliphatic heterocycles. The molecule has 0 aliphatic rings. The Balaban J connectivity index is 1.33. The van der Waals surface area contributed by atoms with Gasteiger partial charge < -0.3 is 15.0 Å². The van der Waals surface area contributed by atoms with Crippen molar-refractivity contribution in [3.63, 3.8) is 0 Å². The highest BCUT2D eigenvalue weighted by molar-refractivity contribution is 7.99. The van der Waals surface area contributed by atoms with Gasteiger partial charge in [0.25, 0.3) is 0 Å². The Morgan fingerprint density at radius 1 is 1.14 bits per heavy atom. The Morgan fingerprint density at radius 2 is 1.93 bits per heavy atom. The van der Waals surface area contributed by atoms with E-state index in [4.69, 9.17) is 4.74 Å². The maximum Gasteiger partial charge on any atom is 0.220 e. The number of aromatic amines is 1. The number of methoxy groups -OCH3 is 1. The van der Waals surface area contributed by atoms with Crippen molar-refractivity contribution in [2.45, 2.75) is 24.4 Å². The minimum atomic E-state index is 0.106. The van der Waals surface area contributed by atoms with Gasteiger partial charge in [0, 0.05) is 18.7 Å². The largest absolute Gasteiger partial charge is 0.497 e. The van der Waals surface area contributed by atoms with Gasteiger partial charge in [0.2, 0.25) is 5.91 Å². The second kappa shape index (κ2) is 10.6. The van der Waals surface area contributed by atoms with Crippen molar-refractivity contribution in [3.05, 3.63) is 66.4 Å². The summed E-state index contributed by atoms with van der Waals surface area (Å²) >= 11 is 1.60. The van der Waals surface area contributed by atoms with Crippen LogP contribution >= 0.6 is 11.8 Å². The molecule has 0 aliphatic carbocycles. The molecule has 3 aromatic rings. The normalized spacial score (nSPS) is 10.6. The van der Waals surface area contributed by atoms with Crippen molar-refractivity contribution < 1.29 is 9.53 Å². The van der Waals surface area contributed by atoms with Crippen LogP contribution in [0.5, 0.6) is 5.75 Å². The molecular weight excluding hydrogens is 370 g/mol. The number of ether oxygens (including phenoxy) is 1. The van der Waals surface area contributed by atoms with Gasteiger partial charge in [0.15, 0.2) is 5.16 Å². The maximum absolute atomic E-state index is 11.9. The van der Waals surface area contributed by atoms with Crippen molar-refractivity contribution in [3.8, 4) is 17.0 Å². The molecule has 2 aromatic carbocycles. The van der Waals surface area contributed by atoms with E-state index < -0.39 is 0 Å². The average Bonchev–Trinajstić information content (AvgIpc) is 3.21. The van der Waals surface area contributed by atoms with E-state index in [1.165, 1.54) is 5.56 Å². The first-order valence-electron chi connectivity index (χ1n) is 9.37. The van der Waals surface area contributed by atoms with Gasteiger partial charge in [-0.2, -0.15) is 0 Å². The third-order valence-corrected chi connectivity index (χ3v) is 5.22. The van der Waals surface area contributed by atoms with E-state index in [0.717, 1.165) is 40.8 Å². The number of carbonyl (C=O) groups excluding carboxylic acids is 1. The minimum Gasteiger partial charge on any atom is -0.497 e. The molecule has 3 rings (SSSR count). The summed E-state index contributed by atoms with van der Waals surface area (Å²) in [5, 5.41) is 3.83. The zero-order valence-corrected chi connectivity index (χ0v) is 16.8. The summed E-state index contributed by atoms with van der Waals surface area (Å²) < 4.78 is 5.18. The number of imidazole rings is 1. The number of hydrogen-bond acceptors (Lipinski definition) is 4. The SMILES string of the molecule is COc1ccc(-c2cnc(SCCNC(=O)CCCc3ccccc3)[nH]2)cc1. The number of nitrogens with zero attached hydrogens (tertiary/aromatic N) is 1. The van der Waals surface area contributed by atoms with E-state index in [-0.39, 0.29) is 5.91 Å². The van der Waals surface area contributed by atoms with Crippen LogP contribution in [0.4, 0.5) is 0 Å². The molecule has 0 radical (unpaired) electrons. The highest BCUT2D eigenvalue weighted by Gasteiger charge is 2.05. The molecule has 0 saturated heterocycles. The van der Waals surface area contributed by atoms with Crippen LogP contribution in [-0.4, -0.2) is 35.3 Å². The number of aromatic nitrogens is 2. The first kappa shape index (κ1) is 20.0. The number of aryl methyl sites for hydroxylation is 1. The minimum absolute atomic E-state index is 0.106. The second-order valence-corrected chi connectivity index (χ2v) is 7.45. The van der Waals surface area contributed by atoms with Crippen LogP contribution in [-0.2, 0) is 11.2 Å². The number of rotatable bonds is 10. The smallest absolute Gasteiger partial charge is 0.220 e. The summed E-state index contributed by atoms with van der Waals surface area (Å²) in [6.45, 7) is 0.632. The summed E-state index contributed by atoms with van der Waals surface area (Å²) in [6, 6.07) is 18.1. The molecule has 1 amide bonds. The highest BCUT2D eigenvalue weighted by Crippen LogP contribution is 2.23. The number of benzene rings is 2. The number of carbonyl (C=O) groups is 1. The standard InChI is InChI=1S/C22H25N3O2S/c1-27-19-12-10-18(11-13-19)20-16-24-22(25-20)28-15-14-23-21(26)9-5-8-17-6-3-2-4-7-17/h2-4,6-7,10-13,16H,5,8-9,14-15H2,1H3,(H,23,26)(H,24,25). The van der Waals surface area contributed by atoms with Crippen molar-refractivity contribution in [1.82, 2.24) is 15.3 Å². The van der Waals surface area contributed by atoms with Gasteiger partial charge in [0.1, 0.15) is 5.75 Å². The number of H-pyrrole nitrogens is 1. The summed E-state index contributed by atoms with van der Waals surface area (Å²) in [5.41, 5.74) is 3.30. The quantitative estimate of drug-likeness (QED) is 0.396. The third-order valence-electron chi connectivity index (χ3n) is 4.33. The fourth-order valence-electron chi connectivity index (χ4n) is 2.82. The van der Waals surface area contributed by atoms with Crippen LogP contribution in [0.3, 0.4) is 0 Å². The molecule has 0 bridgehead atoms. The van der Waals surface area contributed by atoms with Gasteiger partial charge in [-0.3, -0.25) is 4.79 Å². The second-order valence-electron chi connectivity index (χ2n) is 6.37. The van der Waals surface area contributed by atoms with Gasteiger partial charge >= 0.3 is 0 Å². The number of nitrogens with one attached hydrogen (secondary N) is 2. The highest BCUT2D eigenvalue weighted by atomic mass is 32.2. The van der Waals surface area contributed by atoms with E-state index in [2.05, 4.69) is 27.4 Å². The van der Waals surface area contributed by atoms with Crippen molar-refractivity contribution in [1.29, 1.82) is 0 Å². The molecule has 1 aromatic heterocycles. The molecule has 0 unspecified atom stereocenters. The molecule has 1 heterocycles. The van der Waals surface area contributed by atoms with Crippen LogP contribution < -0.4 is 10.1 Å². The lowest BCUT2D eigenvalue weighted by atomic mass is 10.1. The van der Waals surface area contributed by atoms with Gasteiger partial charge in [-0.25, -0.2) is 4.98 Å². The summed E-state index contributed by atoms with van der Waals surface area (Å²) in [5.74, 6) is 1.72. The Bertz CT molecular complexity index is 863. The molecule has 2 N–H and O–H groups in total. The van der Waals surface area contributed by atoms with Crippen molar-refractivity contribution in [2.75, 3.05) is 19.4 Å². The van der Waals surface area contributed by atoms with E-state index >= 15 is 0 Å². The molecule has 6 heteroatoms. The Labute approximate surface area is 169 Å². The predicted molar refractivity (Wildman–Crippen MR) is 114 cm³/mol. The topological polar surface area (TPSA) is 67.0 Å². The first-order chi connectivity index (χ1) is 13.7. The Kier molecular flexibility index (Phi) is 7.55. The monoisotopic (exact) mass is 395 g/mol. The van der Waals surface area contributed by atoms with E-state index in [1.807, 2.05) is 48.7 Å². The molecule has 0 fully saturated rings. The lowest BCUT2D eigenvalue weighted by Gasteiger charge is -2.05. The lowest BCUT2D eigenvalue weighted by molar-refractivity contribution is -0.121. The first-order valence-corrected chi connectivity index (χ1v) is 10.4. The van der Waals surface area contributed by atoms with Crippen LogP contribution in [0, 0.1) is 0 Å². The van der Waals surface area contributed by atoms with Crippen LogP contribution in [0.2, 0.25) is 0 Å². The average molecular weight is 396 g/mol. The Morgan fingerprint density at radius 3 is 2.68 bits per heavy atom. The van der Waals surface area contributed by atoms with Crippen LogP contribution in [0.25, 0.3) is 11.3 Å². The fraction of sp³-hybridized carbons (Fsp3) is 0.273. The number of hydrogen-bond donors (Lipinski definition) is 2. The molecule has 5 nitrogen and oxygen atoms in total. The fourth-order valence-corrected chi connectivity index (χ4v) is 3.52. The van der Waals surface area contributed by atoms with Gasteiger partial charge in [-0.05, 0) is 48.2 Å². The van der Waals surface area contributed by atoms with Crippen LogP contribution in [0.15, 0.2) is 66.0 Å². The molecule has 146 valence electrons. The summed E-state index contributed by atoms with van der Waals surface area (Å²) in [4.78, 5) is 19.6. The molecule has 0 spiro atoms. The van der Waals surface area contributed by atoms with Crippen molar-refractivity contribution >= 4 is 17.7 Å². The molecular formula is C22H25N3O2S. The lowest BCUT2D eigenvalue weighted by Crippen LogP contribution is -2.25. The number of thioether (sulfide) groups is 1. The third kappa shape index (κ3) is 6.16. The van der Waals surface area contributed by atoms with Gasteiger partial charge in [-0.1, -0.05) is 42.1 Å². The predicted octanol–water partition coefficient (Wildman–Crippen LogP) is 4.32. The van der Waals surface area contributed by atoms with Crippen molar-refractivity contribution in [2.24, 2.45) is 0 Å². The zero-order chi connectivity index (χ0) is 19.6. The zero-order valence-electron chi connectivity index (χ0n) is 16.0. The Hall–Kier alpha value is -2.73. The molecule has 0 atom stereocenters. The molecule has 28 heavy (non-hydrogen) atoms. The summed E-state index contributed by atoms with van der Waals surface area (Å²) in [6.07, 6.45) is 4.18. The molecule has 0 saturated carbocycles. The number of amides is 1. The van der Waals surface area contributed by atoms with E-state index in [0.29, 0.717) is 13.0 Å². The maximum atomic E-state index is 11.9. The van der Waals surface area contributed by atoms with Gasteiger partial charge in [0.05, 0.1) is 19.0 Å². The summed E-state index contributed by atoms with van der Waals surface area (Å²) in [7, 11) is 1.65. The van der Waals surface area contributed by atoms with Gasteiger partial charge in [-0.15, -0.1) is 0 Å². The van der Waals surface area contributed by atoms with Crippen LogP contribution in [0.1, 0.15) is 18.4 Å². The van der Waals surface area contributed by atoms with E-state index in [1.54, 1.807) is 18.9 Å². The van der Waals surface area contributed by atoms with E-state index in [9.17, 15) is 4.79 Å².